The lowest BCUT2D eigenvalue weighted by atomic mass is 9.92. The average molecular weight is 223 g/mol. The van der Waals surface area contributed by atoms with Crippen molar-refractivity contribution >= 4 is 11.8 Å². The van der Waals surface area contributed by atoms with E-state index < -0.39 is 5.97 Å². The Bertz CT molecular complexity index is 372. The molecule has 5 nitrogen and oxygen atoms in total. The van der Waals surface area contributed by atoms with E-state index in [1.807, 2.05) is 0 Å². The summed E-state index contributed by atoms with van der Waals surface area (Å²) in [6.45, 7) is 7.07. The van der Waals surface area contributed by atoms with Gasteiger partial charge >= 0.3 is 5.97 Å². The van der Waals surface area contributed by atoms with Crippen LogP contribution >= 0.6 is 0 Å². The first kappa shape index (κ1) is 12.4. The maximum Gasteiger partial charge on any atom is 0.358 e. The Kier molecular flexibility index (Phi) is 3.82. The highest BCUT2D eigenvalue weighted by molar-refractivity contribution is 5.90. The number of hydrogen-bond acceptors (Lipinski definition) is 4. The Morgan fingerprint density at radius 3 is 2.56 bits per heavy atom. The number of carboxylic acid groups (broad SMARTS) is 1. The van der Waals surface area contributed by atoms with Gasteiger partial charge in [-0.1, -0.05) is 20.8 Å². The molecule has 16 heavy (non-hydrogen) atoms. The van der Waals surface area contributed by atoms with Crippen LogP contribution in [0.2, 0.25) is 0 Å². The molecule has 0 spiro atoms. The van der Waals surface area contributed by atoms with Crippen LogP contribution in [0.4, 0.5) is 5.82 Å². The van der Waals surface area contributed by atoms with Gasteiger partial charge in [-0.05, 0) is 11.8 Å². The van der Waals surface area contributed by atoms with E-state index in [2.05, 4.69) is 36.1 Å². The molecular weight excluding hydrogens is 206 g/mol. The van der Waals surface area contributed by atoms with E-state index in [1.54, 1.807) is 0 Å². The Morgan fingerprint density at radius 2 is 2.00 bits per heavy atom. The van der Waals surface area contributed by atoms with Crippen molar-refractivity contribution in [1.82, 2.24) is 9.97 Å². The summed E-state index contributed by atoms with van der Waals surface area (Å²) in [6.07, 6.45) is 3.78. The van der Waals surface area contributed by atoms with Crippen LogP contribution in [0.15, 0.2) is 12.4 Å². The third-order valence-corrected chi connectivity index (χ3v) is 2.07. The Morgan fingerprint density at radius 1 is 1.38 bits per heavy atom. The van der Waals surface area contributed by atoms with E-state index in [9.17, 15) is 4.79 Å². The summed E-state index contributed by atoms with van der Waals surface area (Å²) < 4.78 is 0. The number of nitrogens with zero attached hydrogens (tertiary/aromatic N) is 2. The second-order valence-corrected chi connectivity index (χ2v) is 4.80. The highest BCUT2D eigenvalue weighted by Gasteiger charge is 2.14. The Balaban J connectivity index is 2.64. The monoisotopic (exact) mass is 223 g/mol. The van der Waals surface area contributed by atoms with Gasteiger partial charge in [-0.3, -0.25) is 0 Å². The molecule has 0 radical (unpaired) electrons. The van der Waals surface area contributed by atoms with Crippen LogP contribution in [0.1, 0.15) is 37.7 Å². The number of aromatic carboxylic acids is 1. The van der Waals surface area contributed by atoms with E-state index in [4.69, 9.17) is 5.11 Å². The van der Waals surface area contributed by atoms with Crippen LogP contribution in [-0.4, -0.2) is 27.6 Å². The summed E-state index contributed by atoms with van der Waals surface area (Å²) in [5.41, 5.74) is 0.176. The van der Waals surface area contributed by atoms with Gasteiger partial charge in [0.1, 0.15) is 0 Å². The molecule has 0 atom stereocenters. The molecule has 88 valence electrons. The third-order valence-electron chi connectivity index (χ3n) is 2.07. The first-order valence-corrected chi connectivity index (χ1v) is 5.18. The zero-order chi connectivity index (χ0) is 12.2. The van der Waals surface area contributed by atoms with Crippen LogP contribution in [0.25, 0.3) is 0 Å². The molecule has 0 amide bonds. The molecule has 2 N–H and O–H groups in total. The maximum atomic E-state index is 10.8. The number of nitrogens with one attached hydrogen (secondary N) is 1. The molecule has 0 aliphatic rings. The molecule has 0 saturated heterocycles. The number of anilines is 1. The molecule has 0 aliphatic carbocycles. The van der Waals surface area contributed by atoms with Gasteiger partial charge in [-0.25, -0.2) is 14.8 Å². The molecule has 1 rings (SSSR count). The van der Waals surface area contributed by atoms with Crippen molar-refractivity contribution in [2.45, 2.75) is 27.2 Å². The van der Waals surface area contributed by atoms with Crippen molar-refractivity contribution in [3.63, 3.8) is 0 Å². The second kappa shape index (κ2) is 4.92. The van der Waals surface area contributed by atoms with Crippen LogP contribution in [0, 0.1) is 5.41 Å². The molecule has 0 aromatic carbocycles. The van der Waals surface area contributed by atoms with Crippen molar-refractivity contribution in [2.75, 3.05) is 11.9 Å². The second-order valence-electron chi connectivity index (χ2n) is 4.80. The fraction of sp³-hybridized carbons (Fsp3) is 0.545. The smallest absolute Gasteiger partial charge is 0.358 e. The molecule has 0 aliphatic heterocycles. The molecule has 1 heterocycles. The quantitative estimate of drug-likeness (QED) is 0.816. The zero-order valence-electron chi connectivity index (χ0n) is 9.82. The summed E-state index contributed by atoms with van der Waals surface area (Å²) in [4.78, 5) is 18.6. The topological polar surface area (TPSA) is 75.1 Å². The molecule has 5 heteroatoms. The van der Waals surface area contributed by atoms with E-state index in [0.717, 1.165) is 6.42 Å². The highest BCUT2D eigenvalue weighted by atomic mass is 16.4. The molecule has 0 unspecified atom stereocenters. The predicted molar refractivity (Wildman–Crippen MR) is 61.6 cm³/mol. The van der Waals surface area contributed by atoms with Gasteiger partial charge in [0.2, 0.25) is 0 Å². The Hall–Kier alpha value is -1.65. The van der Waals surface area contributed by atoms with Gasteiger partial charge in [0.15, 0.2) is 11.5 Å². The number of carboxylic acids is 1. The summed E-state index contributed by atoms with van der Waals surface area (Å²) in [6, 6.07) is 0. The van der Waals surface area contributed by atoms with E-state index in [0.29, 0.717) is 12.4 Å². The predicted octanol–water partition coefficient (Wildman–Crippen LogP) is 2.02. The SMILES string of the molecule is CC(C)(C)CCNc1nccnc1C(=O)O. The van der Waals surface area contributed by atoms with Crippen LogP contribution in [0.5, 0.6) is 0 Å². The lowest BCUT2D eigenvalue weighted by Crippen LogP contribution is -2.16. The number of carbonyl (C=O) groups is 1. The highest BCUT2D eigenvalue weighted by Crippen LogP contribution is 2.18. The van der Waals surface area contributed by atoms with Gasteiger partial charge in [-0.15, -0.1) is 0 Å². The molecule has 1 aromatic heterocycles. The van der Waals surface area contributed by atoms with Gasteiger partial charge in [0, 0.05) is 18.9 Å². The van der Waals surface area contributed by atoms with E-state index in [1.165, 1.54) is 12.4 Å². The van der Waals surface area contributed by atoms with Crippen molar-refractivity contribution < 1.29 is 9.90 Å². The first-order chi connectivity index (χ1) is 7.40. The van der Waals surface area contributed by atoms with E-state index in [-0.39, 0.29) is 11.1 Å². The van der Waals surface area contributed by atoms with Crippen molar-refractivity contribution in [2.24, 2.45) is 5.41 Å². The van der Waals surface area contributed by atoms with Gasteiger partial charge in [0.05, 0.1) is 0 Å². The van der Waals surface area contributed by atoms with Crippen LogP contribution in [0.3, 0.4) is 0 Å². The van der Waals surface area contributed by atoms with Gasteiger partial charge in [-0.2, -0.15) is 0 Å². The number of hydrogen-bond donors (Lipinski definition) is 2. The van der Waals surface area contributed by atoms with Gasteiger partial charge in [0.25, 0.3) is 0 Å². The van der Waals surface area contributed by atoms with Crippen molar-refractivity contribution in [3.8, 4) is 0 Å². The van der Waals surface area contributed by atoms with Gasteiger partial charge < -0.3 is 10.4 Å². The average Bonchev–Trinajstić information content (AvgIpc) is 2.16. The minimum Gasteiger partial charge on any atom is -0.476 e. The molecule has 0 saturated carbocycles. The standard InChI is InChI=1S/C11H17N3O2/c1-11(2,3)4-5-13-9-8(10(15)16)12-6-7-14-9/h6-7H,4-5H2,1-3H3,(H,13,14)(H,15,16). The summed E-state index contributed by atoms with van der Waals surface area (Å²) >= 11 is 0. The normalized spacial score (nSPS) is 11.2. The maximum absolute atomic E-state index is 10.8. The molecule has 0 bridgehead atoms. The van der Waals surface area contributed by atoms with Crippen LogP contribution in [-0.2, 0) is 0 Å². The largest absolute Gasteiger partial charge is 0.476 e. The first-order valence-electron chi connectivity index (χ1n) is 5.18. The lowest BCUT2D eigenvalue weighted by Gasteiger charge is -2.18. The summed E-state index contributed by atoms with van der Waals surface area (Å²) in [5.74, 6) is -0.731. The summed E-state index contributed by atoms with van der Waals surface area (Å²) in [7, 11) is 0. The molecular formula is C11H17N3O2. The van der Waals surface area contributed by atoms with Crippen molar-refractivity contribution in [1.29, 1.82) is 0 Å². The third kappa shape index (κ3) is 3.84. The van der Waals surface area contributed by atoms with Crippen molar-refractivity contribution in [3.05, 3.63) is 18.1 Å². The summed E-state index contributed by atoms with van der Waals surface area (Å²) in [5, 5.41) is 11.9. The van der Waals surface area contributed by atoms with Crippen LogP contribution < -0.4 is 5.32 Å². The Labute approximate surface area is 94.9 Å². The van der Waals surface area contributed by atoms with E-state index >= 15 is 0 Å². The minimum atomic E-state index is -1.06. The number of rotatable bonds is 4. The lowest BCUT2D eigenvalue weighted by molar-refractivity contribution is 0.0691. The number of aromatic nitrogens is 2. The zero-order valence-corrected chi connectivity index (χ0v) is 9.82. The fourth-order valence-electron chi connectivity index (χ4n) is 1.18. The fourth-order valence-corrected chi connectivity index (χ4v) is 1.18. The molecule has 0 fully saturated rings. The minimum absolute atomic E-state index is 0.0311. The molecule has 1 aromatic rings.